The fourth-order valence-corrected chi connectivity index (χ4v) is 6.31. The van der Waals surface area contributed by atoms with Crippen molar-refractivity contribution >= 4 is 32.3 Å². The van der Waals surface area contributed by atoms with Gasteiger partial charge in [0.2, 0.25) is 0 Å². The topological polar surface area (TPSA) is 89.3 Å². The van der Waals surface area contributed by atoms with Crippen molar-refractivity contribution in [3.05, 3.63) is 45.3 Å². The van der Waals surface area contributed by atoms with Gasteiger partial charge in [-0.1, -0.05) is 19.1 Å². The number of aryl methyl sites for hydroxylation is 2. The Balaban J connectivity index is 2.05. The van der Waals surface area contributed by atoms with Crippen LogP contribution in [0.2, 0.25) is 0 Å². The first-order valence-electron chi connectivity index (χ1n) is 8.23. The number of benzene rings is 1. The van der Waals surface area contributed by atoms with Crippen LogP contribution in [0.5, 0.6) is 0 Å². The van der Waals surface area contributed by atoms with Gasteiger partial charge in [-0.15, -0.1) is 11.3 Å². The first kappa shape index (κ1) is 17.9. The lowest BCUT2D eigenvalue weighted by atomic mass is 9.88. The van der Waals surface area contributed by atoms with Crippen molar-refractivity contribution in [2.24, 2.45) is 11.7 Å². The van der Waals surface area contributed by atoms with E-state index in [2.05, 4.69) is 11.6 Å². The summed E-state index contributed by atoms with van der Waals surface area (Å²) < 4.78 is 28.4. The van der Waals surface area contributed by atoms with Crippen molar-refractivity contribution in [1.82, 2.24) is 0 Å². The molecule has 3 N–H and O–H groups in total. The molecule has 1 atom stereocenters. The first-order chi connectivity index (χ1) is 11.7. The minimum Gasteiger partial charge on any atom is -0.365 e. The normalized spacial score (nSPS) is 17.2. The van der Waals surface area contributed by atoms with Crippen molar-refractivity contribution in [3.63, 3.8) is 0 Å². The van der Waals surface area contributed by atoms with E-state index in [0.29, 0.717) is 22.0 Å². The van der Waals surface area contributed by atoms with Gasteiger partial charge in [-0.05, 0) is 61.8 Å². The lowest BCUT2D eigenvalue weighted by molar-refractivity contribution is 0.100. The standard InChI is InChI=1S/C18H22N2O3S2/c1-10-5-7-13-14(8-10)24-18(16(13)17(19)21)20-25(22,23)15-9-11(2)4-6-12(15)3/h4,6,9-10,20H,5,7-8H2,1-3H3,(H2,19,21). The summed E-state index contributed by atoms with van der Waals surface area (Å²) in [5.74, 6) is -0.0546. The monoisotopic (exact) mass is 378 g/mol. The summed E-state index contributed by atoms with van der Waals surface area (Å²) in [7, 11) is -3.78. The maximum absolute atomic E-state index is 12.9. The van der Waals surface area contributed by atoms with E-state index in [1.54, 1.807) is 19.1 Å². The van der Waals surface area contributed by atoms with Gasteiger partial charge in [0.15, 0.2) is 0 Å². The maximum Gasteiger partial charge on any atom is 0.262 e. The number of thiophene rings is 1. The Morgan fingerprint density at radius 2 is 2.04 bits per heavy atom. The predicted octanol–water partition coefficient (Wildman–Crippen LogP) is 3.39. The van der Waals surface area contributed by atoms with Gasteiger partial charge in [0.25, 0.3) is 15.9 Å². The largest absolute Gasteiger partial charge is 0.365 e. The lowest BCUT2D eigenvalue weighted by Gasteiger charge is -2.18. The highest BCUT2D eigenvalue weighted by Gasteiger charge is 2.29. The van der Waals surface area contributed by atoms with Gasteiger partial charge in [-0.2, -0.15) is 0 Å². The van der Waals surface area contributed by atoms with Crippen molar-refractivity contribution < 1.29 is 13.2 Å². The Morgan fingerprint density at radius 3 is 2.72 bits per heavy atom. The number of hydrogen-bond donors (Lipinski definition) is 2. The van der Waals surface area contributed by atoms with Gasteiger partial charge < -0.3 is 5.73 Å². The quantitative estimate of drug-likeness (QED) is 0.854. The Hall–Kier alpha value is -1.86. The number of nitrogens with one attached hydrogen (secondary N) is 1. The molecule has 0 spiro atoms. The molecule has 0 fully saturated rings. The second-order valence-electron chi connectivity index (χ2n) is 6.79. The third-order valence-corrected chi connectivity index (χ3v) is 7.41. The van der Waals surface area contributed by atoms with Crippen LogP contribution in [0.4, 0.5) is 5.00 Å². The number of amides is 1. The minimum absolute atomic E-state index is 0.225. The fraction of sp³-hybridized carbons (Fsp3) is 0.389. The zero-order chi connectivity index (χ0) is 18.4. The number of carbonyl (C=O) groups excluding carboxylic acids is 1. The molecule has 0 aliphatic heterocycles. The molecule has 5 nitrogen and oxygen atoms in total. The number of carbonyl (C=O) groups is 1. The third kappa shape index (κ3) is 3.43. The van der Waals surface area contributed by atoms with Crippen LogP contribution in [0, 0.1) is 19.8 Å². The maximum atomic E-state index is 12.9. The Kier molecular flexibility index (Phi) is 4.64. The molecule has 3 rings (SSSR count). The molecule has 1 amide bonds. The van der Waals surface area contributed by atoms with E-state index >= 15 is 0 Å². The van der Waals surface area contributed by atoms with Gasteiger partial charge in [0.05, 0.1) is 10.5 Å². The summed E-state index contributed by atoms with van der Waals surface area (Å²) in [6.07, 6.45) is 2.59. The average molecular weight is 379 g/mol. The molecule has 1 unspecified atom stereocenters. The molecule has 25 heavy (non-hydrogen) atoms. The van der Waals surface area contributed by atoms with Crippen LogP contribution in [0.1, 0.15) is 45.3 Å². The number of sulfonamides is 1. The smallest absolute Gasteiger partial charge is 0.262 e. The Labute approximate surface area is 152 Å². The molecule has 1 aromatic heterocycles. The van der Waals surface area contributed by atoms with Gasteiger partial charge >= 0.3 is 0 Å². The van der Waals surface area contributed by atoms with Crippen molar-refractivity contribution in [3.8, 4) is 0 Å². The second-order valence-corrected chi connectivity index (χ2v) is 9.55. The summed E-state index contributed by atoms with van der Waals surface area (Å²) >= 11 is 1.33. The van der Waals surface area contributed by atoms with Crippen LogP contribution in [-0.2, 0) is 22.9 Å². The van der Waals surface area contributed by atoms with Crippen molar-refractivity contribution in [2.45, 2.75) is 44.9 Å². The van der Waals surface area contributed by atoms with E-state index in [1.165, 1.54) is 11.3 Å². The molecule has 2 aromatic rings. The third-order valence-electron chi connectivity index (χ3n) is 4.62. The highest BCUT2D eigenvalue weighted by molar-refractivity contribution is 7.93. The molecule has 1 aliphatic rings. The fourth-order valence-electron chi connectivity index (χ4n) is 3.26. The van der Waals surface area contributed by atoms with Gasteiger partial charge in [-0.3, -0.25) is 9.52 Å². The van der Waals surface area contributed by atoms with Crippen molar-refractivity contribution in [2.75, 3.05) is 4.72 Å². The first-order valence-corrected chi connectivity index (χ1v) is 10.5. The average Bonchev–Trinajstić information content (AvgIpc) is 2.85. The van der Waals surface area contributed by atoms with E-state index in [1.807, 2.05) is 13.0 Å². The summed E-state index contributed by atoms with van der Waals surface area (Å²) in [4.78, 5) is 13.3. The second kappa shape index (κ2) is 6.46. The number of fused-ring (bicyclic) bond motifs is 1. The van der Waals surface area contributed by atoms with E-state index < -0.39 is 15.9 Å². The highest BCUT2D eigenvalue weighted by atomic mass is 32.2. The molecule has 0 saturated carbocycles. The number of rotatable bonds is 4. The molecule has 1 aromatic carbocycles. The summed E-state index contributed by atoms with van der Waals surface area (Å²) in [6.45, 7) is 5.76. The van der Waals surface area contributed by atoms with Crippen LogP contribution < -0.4 is 10.5 Å². The zero-order valence-corrected chi connectivity index (χ0v) is 16.2. The van der Waals surface area contributed by atoms with E-state index in [4.69, 9.17) is 5.73 Å². The molecule has 0 radical (unpaired) electrons. The number of primary amides is 1. The minimum atomic E-state index is -3.78. The van der Waals surface area contributed by atoms with E-state index in [-0.39, 0.29) is 4.90 Å². The van der Waals surface area contributed by atoms with Crippen LogP contribution >= 0.6 is 11.3 Å². The van der Waals surface area contributed by atoms with Crippen molar-refractivity contribution in [1.29, 1.82) is 0 Å². The summed E-state index contributed by atoms with van der Waals surface area (Å²) in [6, 6.07) is 5.28. The predicted molar refractivity (Wildman–Crippen MR) is 101 cm³/mol. The SMILES string of the molecule is Cc1ccc(C)c(S(=O)(=O)Nc2sc3c(c2C(N)=O)CCC(C)C3)c1. The van der Waals surface area contributed by atoms with Crippen LogP contribution in [-0.4, -0.2) is 14.3 Å². The molecule has 1 aliphatic carbocycles. The van der Waals surface area contributed by atoms with Gasteiger partial charge in [0, 0.05) is 4.88 Å². The van der Waals surface area contributed by atoms with E-state index in [9.17, 15) is 13.2 Å². The van der Waals surface area contributed by atoms with Crippen LogP contribution in [0.3, 0.4) is 0 Å². The molecule has 7 heteroatoms. The number of nitrogens with two attached hydrogens (primary N) is 1. The van der Waals surface area contributed by atoms with Gasteiger partial charge in [0.1, 0.15) is 5.00 Å². The Morgan fingerprint density at radius 1 is 1.32 bits per heavy atom. The Bertz CT molecular complexity index is 945. The van der Waals surface area contributed by atoms with Crippen LogP contribution in [0.25, 0.3) is 0 Å². The number of anilines is 1. The van der Waals surface area contributed by atoms with Gasteiger partial charge in [-0.25, -0.2) is 8.42 Å². The molecule has 0 saturated heterocycles. The summed E-state index contributed by atoms with van der Waals surface area (Å²) in [5, 5.41) is 0.340. The molecular weight excluding hydrogens is 356 g/mol. The van der Waals surface area contributed by atoms with E-state index in [0.717, 1.165) is 35.3 Å². The lowest BCUT2D eigenvalue weighted by Crippen LogP contribution is -2.20. The molecule has 0 bridgehead atoms. The highest BCUT2D eigenvalue weighted by Crippen LogP contribution is 2.40. The number of hydrogen-bond acceptors (Lipinski definition) is 4. The molecular formula is C18H22N2O3S2. The zero-order valence-electron chi connectivity index (χ0n) is 14.5. The van der Waals surface area contributed by atoms with Crippen LogP contribution in [0.15, 0.2) is 23.1 Å². The summed E-state index contributed by atoms with van der Waals surface area (Å²) in [5.41, 5.74) is 8.33. The molecule has 134 valence electrons. The molecule has 1 heterocycles.